The van der Waals surface area contributed by atoms with Crippen molar-refractivity contribution in [3.8, 4) is 17.7 Å². The molecular weight excluding hydrogens is 453 g/mol. The van der Waals surface area contributed by atoms with Crippen LogP contribution in [-0.4, -0.2) is 20.0 Å². The number of halogens is 1. The van der Waals surface area contributed by atoms with Crippen LogP contribution in [0.2, 0.25) is 0 Å². The SMILES string of the molecule is N#Cc1cc(F)ccc1CSc1nnc(-c2nn(Cc3ccccc3)c(=O)c3ccccc23)o1. The molecule has 34 heavy (non-hydrogen) atoms. The highest BCUT2D eigenvalue weighted by atomic mass is 32.2. The summed E-state index contributed by atoms with van der Waals surface area (Å²) < 4.78 is 20.6. The van der Waals surface area contributed by atoms with E-state index in [9.17, 15) is 14.4 Å². The topological polar surface area (TPSA) is 97.6 Å². The Kier molecular flexibility index (Phi) is 5.89. The van der Waals surface area contributed by atoms with Crippen LogP contribution < -0.4 is 5.56 Å². The molecule has 0 amide bonds. The molecule has 166 valence electrons. The standard InChI is InChI=1S/C25H16FN5O2S/c26-19-11-10-17(18(12-19)13-27)15-34-25-29-28-23(33-25)22-20-8-4-5-9-21(20)24(32)31(30-22)14-16-6-2-1-3-7-16/h1-12H,14-15H2. The highest BCUT2D eigenvalue weighted by molar-refractivity contribution is 7.98. The molecule has 0 spiro atoms. The summed E-state index contributed by atoms with van der Waals surface area (Å²) in [6, 6.07) is 22.8. The van der Waals surface area contributed by atoms with E-state index >= 15 is 0 Å². The third kappa shape index (κ3) is 4.31. The first-order valence-corrected chi connectivity index (χ1v) is 11.3. The molecule has 0 unspecified atom stereocenters. The van der Waals surface area contributed by atoms with Gasteiger partial charge < -0.3 is 4.42 Å². The summed E-state index contributed by atoms with van der Waals surface area (Å²) in [5, 5.41) is 23.4. The Hall–Kier alpha value is -4.29. The Labute approximate surface area is 197 Å². The maximum atomic E-state index is 13.4. The van der Waals surface area contributed by atoms with Gasteiger partial charge in [-0.25, -0.2) is 9.07 Å². The third-order valence-electron chi connectivity index (χ3n) is 5.20. The average Bonchev–Trinajstić information content (AvgIpc) is 3.34. The highest BCUT2D eigenvalue weighted by Crippen LogP contribution is 2.29. The third-order valence-corrected chi connectivity index (χ3v) is 6.06. The van der Waals surface area contributed by atoms with Crippen molar-refractivity contribution >= 4 is 22.5 Å². The minimum absolute atomic E-state index is 0.181. The molecule has 0 saturated carbocycles. The number of thioether (sulfide) groups is 1. The van der Waals surface area contributed by atoms with Gasteiger partial charge in [-0.2, -0.15) is 10.4 Å². The van der Waals surface area contributed by atoms with Gasteiger partial charge in [-0.15, -0.1) is 10.2 Å². The summed E-state index contributed by atoms with van der Waals surface area (Å²) in [6.07, 6.45) is 0. The number of hydrogen-bond acceptors (Lipinski definition) is 7. The fraction of sp³-hybridized carbons (Fsp3) is 0.0800. The van der Waals surface area contributed by atoms with Crippen LogP contribution in [0.25, 0.3) is 22.4 Å². The maximum Gasteiger partial charge on any atom is 0.277 e. The number of fused-ring (bicyclic) bond motifs is 1. The molecule has 0 saturated heterocycles. The number of nitriles is 1. The minimum atomic E-state index is -0.464. The molecule has 0 aliphatic carbocycles. The molecule has 0 bridgehead atoms. The van der Waals surface area contributed by atoms with E-state index in [0.29, 0.717) is 34.3 Å². The molecule has 5 aromatic rings. The predicted octanol–water partition coefficient (Wildman–Crippen LogP) is 4.80. The summed E-state index contributed by atoms with van der Waals surface area (Å²) in [6.45, 7) is 0.300. The number of nitrogens with zero attached hydrogens (tertiary/aromatic N) is 5. The number of benzene rings is 3. The van der Waals surface area contributed by atoms with E-state index in [1.165, 1.54) is 28.6 Å². The van der Waals surface area contributed by atoms with E-state index in [4.69, 9.17) is 4.42 Å². The lowest BCUT2D eigenvalue weighted by molar-refractivity contribution is 0.462. The van der Waals surface area contributed by atoms with E-state index in [2.05, 4.69) is 15.3 Å². The van der Waals surface area contributed by atoms with Crippen molar-refractivity contribution in [3.05, 3.63) is 106 Å². The molecule has 7 nitrogen and oxygen atoms in total. The first kappa shape index (κ1) is 21.6. The molecule has 0 aliphatic rings. The van der Waals surface area contributed by atoms with Crippen molar-refractivity contribution in [3.63, 3.8) is 0 Å². The van der Waals surface area contributed by atoms with Crippen LogP contribution >= 0.6 is 11.8 Å². The second-order valence-electron chi connectivity index (χ2n) is 7.42. The summed E-state index contributed by atoms with van der Waals surface area (Å²) in [5.74, 6) is 0.0704. The fourth-order valence-electron chi connectivity index (χ4n) is 3.54. The van der Waals surface area contributed by atoms with Crippen LogP contribution in [-0.2, 0) is 12.3 Å². The minimum Gasteiger partial charge on any atom is -0.409 e. The van der Waals surface area contributed by atoms with Crippen molar-refractivity contribution in [1.29, 1.82) is 5.26 Å². The van der Waals surface area contributed by atoms with Crippen molar-refractivity contribution in [2.45, 2.75) is 17.5 Å². The number of rotatable bonds is 6. The van der Waals surface area contributed by atoms with Crippen LogP contribution in [0.15, 0.2) is 87.2 Å². The Morgan fingerprint density at radius 3 is 2.56 bits per heavy atom. The van der Waals surface area contributed by atoms with Crippen LogP contribution in [0.4, 0.5) is 4.39 Å². The molecule has 2 aromatic heterocycles. The van der Waals surface area contributed by atoms with E-state index < -0.39 is 5.82 Å². The first-order valence-electron chi connectivity index (χ1n) is 10.3. The largest absolute Gasteiger partial charge is 0.409 e. The van der Waals surface area contributed by atoms with Crippen LogP contribution in [0.1, 0.15) is 16.7 Å². The molecular formula is C25H16FN5O2S. The number of aromatic nitrogens is 4. The maximum absolute atomic E-state index is 13.4. The van der Waals surface area contributed by atoms with Gasteiger partial charge in [0.2, 0.25) is 0 Å². The second kappa shape index (κ2) is 9.29. The lowest BCUT2D eigenvalue weighted by Crippen LogP contribution is -2.24. The summed E-state index contributed by atoms with van der Waals surface area (Å²) >= 11 is 1.23. The van der Waals surface area contributed by atoms with Gasteiger partial charge in [0.1, 0.15) is 5.82 Å². The molecule has 0 aliphatic heterocycles. The van der Waals surface area contributed by atoms with E-state index in [1.807, 2.05) is 42.5 Å². The molecule has 0 N–H and O–H groups in total. The molecule has 0 radical (unpaired) electrons. The quantitative estimate of drug-likeness (QED) is 0.330. The predicted molar refractivity (Wildman–Crippen MR) is 126 cm³/mol. The molecule has 9 heteroatoms. The first-order chi connectivity index (χ1) is 16.6. The van der Waals surface area contributed by atoms with Crippen molar-refractivity contribution in [1.82, 2.24) is 20.0 Å². The van der Waals surface area contributed by atoms with E-state index in [1.54, 1.807) is 24.3 Å². The zero-order chi connectivity index (χ0) is 23.5. The van der Waals surface area contributed by atoms with Gasteiger partial charge in [0.05, 0.1) is 23.6 Å². The summed E-state index contributed by atoms with van der Waals surface area (Å²) in [4.78, 5) is 13.0. The van der Waals surface area contributed by atoms with Crippen LogP contribution in [0.3, 0.4) is 0 Å². The van der Waals surface area contributed by atoms with Gasteiger partial charge >= 0.3 is 0 Å². The molecule has 2 heterocycles. The van der Waals surface area contributed by atoms with E-state index in [0.717, 1.165) is 5.56 Å². The molecule has 3 aromatic carbocycles. The molecule has 5 rings (SSSR count). The Balaban J connectivity index is 1.48. The van der Waals surface area contributed by atoms with Gasteiger partial charge in [0.25, 0.3) is 16.7 Å². The van der Waals surface area contributed by atoms with Gasteiger partial charge in [-0.1, -0.05) is 66.4 Å². The molecule has 0 fully saturated rings. The normalized spacial score (nSPS) is 10.9. The van der Waals surface area contributed by atoms with E-state index in [-0.39, 0.29) is 22.2 Å². The Morgan fingerprint density at radius 2 is 1.76 bits per heavy atom. The average molecular weight is 470 g/mol. The van der Waals surface area contributed by atoms with Gasteiger partial charge in [0, 0.05) is 11.1 Å². The van der Waals surface area contributed by atoms with Crippen LogP contribution in [0, 0.1) is 17.1 Å². The zero-order valence-electron chi connectivity index (χ0n) is 17.7. The summed E-state index contributed by atoms with van der Waals surface area (Å²) in [7, 11) is 0. The highest BCUT2D eigenvalue weighted by Gasteiger charge is 2.18. The lowest BCUT2D eigenvalue weighted by Gasteiger charge is -2.09. The van der Waals surface area contributed by atoms with Crippen molar-refractivity contribution in [2.75, 3.05) is 0 Å². The van der Waals surface area contributed by atoms with Gasteiger partial charge in [-0.3, -0.25) is 4.79 Å². The molecule has 0 atom stereocenters. The smallest absolute Gasteiger partial charge is 0.277 e. The van der Waals surface area contributed by atoms with Crippen molar-refractivity contribution in [2.24, 2.45) is 0 Å². The zero-order valence-corrected chi connectivity index (χ0v) is 18.5. The van der Waals surface area contributed by atoms with Gasteiger partial charge in [-0.05, 0) is 29.3 Å². The second-order valence-corrected chi connectivity index (χ2v) is 8.34. The monoisotopic (exact) mass is 469 g/mol. The van der Waals surface area contributed by atoms with Crippen LogP contribution in [0.5, 0.6) is 0 Å². The number of hydrogen-bond donors (Lipinski definition) is 0. The fourth-order valence-corrected chi connectivity index (χ4v) is 4.31. The van der Waals surface area contributed by atoms with Crippen molar-refractivity contribution < 1.29 is 8.81 Å². The Bertz CT molecular complexity index is 1590. The Morgan fingerprint density at radius 1 is 1.00 bits per heavy atom. The van der Waals surface area contributed by atoms with Gasteiger partial charge in [0.15, 0.2) is 5.69 Å². The summed E-state index contributed by atoms with van der Waals surface area (Å²) in [5.41, 5.74) is 2.05. The lowest BCUT2D eigenvalue weighted by atomic mass is 10.1.